The maximum atomic E-state index is 11.6. The largest absolute Gasteiger partial charge is 0.459 e. The topological polar surface area (TPSA) is 91.8 Å². The second-order valence-electron chi connectivity index (χ2n) is 3.14. The van der Waals surface area contributed by atoms with Crippen molar-refractivity contribution in [2.24, 2.45) is 0 Å². The third kappa shape index (κ3) is 3.09. The molecule has 0 aliphatic rings. The van der Waals surface area contributed by atoms with Crippen molar-refractivity contribution in [2.45, 2.75) is 5.03 Å². The molecule has 18 heavy (non-hydrogen) atoms. The van der Waals surface area contributed by atoms with E-state index in [0.29, 0.717) is 16.6 Å². The highest BCUT2D eigenvalue weighted by molar-refractivity contribution is 7.99. The Morgan fingerprint density at radius 3 is 2.94 bits per heavy atom. The Bertz CT molecular complexity index is 560. The normalized spacial score (nSPS) is 9.72. The van der Waals surface area contributed by atoms with Gasteiger partial charge in [-0.15, -0.1) is 10.2 Å². The number of hydrogen-bond donors (Lipinski definition) is 1. The van der Waals surface area contributed by atoms with Crippen LogP contribution in [0.1, 0.15) is 10.6 Å². The molecule has 0 atom stereocenters. The van der Waals surface area contributed by atoms with Crippen molar-refractivity contribution in [3.63, 3.8) is 0 Å². The summed E-state index contributed by atoms with van der Waals surface area (Å²) >= 11 is 1.28. The molecule has 0 aromatic carbocycles. The molecule has 7 heteroatoms. The zero-order chi connectivity index (χ0) is 12.8. The number of carbonyl (C=O) groups is 1. The van der Waals surface area contributed by atoms with Gasteiger partial charge in [0, 0.05) is 0 Å². The van der Waals surface area contributed by atoms with Crippen molar-refractivity contribution >= 4 is 23.5 Å². The van der Waals surface area contributed by atoms with E-state index in [1.807, 2.05) is 6.07 Å². The monoisotopic (exact) mass is 260 g/mol. The minimum Gasteiger partial charge on any atom is -0.459 e. The first-order chi connectivity index (χ1) is 8.79. The summed E-state index contributed by atoms with van der Waals surface area (Å²) in [6.07, 6.45) is 1.42. The molecular weight excluding hydrogens is 252 g/mol. The Morgan fingerprint density at radius 1 is 1.44 bits per heavy atom. The molecule has 0 aliphatic carbocycles. The Hall–Kier alpha value is -2.33. The molecule has 0 unspecified atom stereocenters. The van der Waals surface area contributed by atoms with Gasteiger partial charge in [-0.05, 0) is 24.3 Å². The second-order valence-corrected chi connectivity index (χ2v) is 4.13. The van der Waals surface area contributed by atoms with Crippen LogP contribution in [0.2, 0.25) is 0 Å². The third-order valence-electron chi connectivity index (χ3n) is 1.91. The van der Waals surface area contributed by atoms with Gasteiger partial charge in [0.25, 0.3) is 5.91 Å². The van der Waals surface area contributed by atoms with Gasteiger partial charge in [-0.3, -0.25) is 4.79 Å². The number of nitriles is 1. The first kappa shape index (κ1) is 12.1. The Labute approximate surface area is 107 Å². The van der Waals surface area contributed by atoms with Crippen LogP contribution in [0.15, 0.2) is 40.0 Å². The lowest BCUT2D eigenvalue weighted by Crippen LogP contribution is -2.12. The number of furan rings is 1. The summed E-state index contributed by atoms with van der Waals surface area (Å²) in [6, 6.07) is 8.48. The van der Waals surface area contributed by atoms with E-state index in [0.717, 1.165) is 0 Å². The number of thioether (sulfide) groups is 1. The van der Waals surface area contributed by atoms with Gasteiger partial charge in [-0.1, -0.05) is 11.8 Å². The van der Waals surface area contributed by atoms with Crippen molar-refractivity contribution < 1.29 is 9.21 Å². The van der Waals surface area contributed by atoms with E-state index < -0.39 is 0 Å². The molecule has 0 spiro atoms. The smallest absolute Gasteiger partial charge is 0.292 e. The van der Waals surface area contributed by atoms with Crippen LogP contribution < -0.4 is 5.32 Å². The van der Waals surface area contributed by atoms with Crippen molar-refractivity contribution in [1.29, 1.82) is 5.26 Å². The van der Waals surface area contributed by atoms with Crippen LogP contribution in [0.5, 0.6) is 0 Å². The molecule has 6 nitrogen and oxygen atoms in total. The molecule has 1 amide bonds. The van der Waals surface area contributed by atoms with Gasteiger partial charge >= 0.3 is 0 Å². The zero-order valence-corrected chi connectivity index (χ0v) is 9.98. The summed E-state index contributed by atoms with van der Waals surface area (Å²) in [5.41, 5.74) is 0. The number of carbonyl (C=O) groups excluding carboxylic acids is 1. The average molecular weight is 260 g/mol. The highest BCUT2D eigenvalue weighted by atomic mass is 32.2. The van der Waals surface area contributed by atoms with E-state index in [1.54, 1.807) is 24.3 Å². The molecule has 0 radical (unpaired) electrons. The lowest BCUT2D eigenvalue weighted by molar-refractivity contribution is 0.0996. The summed E-state index contributed by atoms with van der Waals surface area (Å²) in [5.74, 6) is 0.469. The molecular formula is C11H8N4O2S. The SMILES string of the molecule is N#CCSc1ccc(NC(=O)c2ccco2)nn1. The van der Waals surface area contributed by atoms with Crippen LogP contribution >= 0.6 is 11.8 Å². The number of anilines is 1. The number of rotatable bonds is 4. The molecule has 90 valence electrons. The van der Waals surface area contributed by atoms with Gasteiger partial charge in [0.15, 0.2) is 11.6 Å². The Balaban J connectivity index is 1.98. The number of nitrogens with zero attached hydrogens (tertiary/aromatic N) is 3. The van der Waals surface area contributed by atoms with Gasteiger partial charge in [0.2, 0.25) is 0 Å². The lowest BCUT2D eigenvalue weighted by Gasteiger charge is -2.01. The molecule has 2 aromatic rings. The van der Waals surface area contributed by atoms with E-state index in [9.17, 15) is 4.79 Å². The maximum Gasteiger partial charge on any atom is 0.292 e. The second kappa shape index (κ2) is 5.84. The van der Waals surface area contributed by atoms with Crippen LogP contribution in [-0.4, -0.2) is 21.9 Å². The highest BCUT2D eigenvalue weighted by Crippen LogP contribution is 2.14. The van der Waals surface area contributed by atoms with Crippen LogP contribution in [0.4, 0.5) is 5.82 Å². The van der Waals surface area contributed by atoms with Crippen molar-refractivity contribution in [3.8, 4) is 6.07 Å². The molecule has 2 rings (SSSR count). The highest BCUT2D eigenvalue weighted by Gasteiger charge is 2.09. The van der Waals surface area contributed by atoms with E-state index in [-0.39, 0.29) is 11.7 Å². The third-order valence-corrected chi connectivity index (χ3v) is 2.70. The predicted molar refractivity (Wildman–Crippen MR) is 65.0 cm³/mol. The van der Waals surface area contributed by atoms with Gasteiger partial charge in [0.05, 0.1) is 18.1 Å². The van der Waals surface area contributed by atoms with Crippen molar-refractivity contribution in [2.75, 3.05) is 11.1 Å². The van der Waals surface area contributed by atoms with Crippen molar-refractivity contribution in [1.82, 2.24) is 10.2 Å². The Morgan fingerprint density at radius 2 is 2.33 bits per heavy atom. The average Bonchev–Trinajstić information content (AvgIpc) is 2.92. The summed E-state index contributed by atoms with van der Waals surface area (Å²) in [6.45, 7) is 0. The van der Waals surface area contributed by atoms with E-state index in [1.165, 1.54) is 18.0 Å². The number of aromatic nitrogens is 2. The molecule has 0 saturated heterocycles. The minimum absolute atomic E-state index is 0.208. The summed E-state index contributed by atoms with van der Waals surface area (Å²) in [5, 5.41) is 19.3. The first-order valence-electron chi connectivity index (χ1n) is 4.98. The summed E-state index contributed by atoms with van der Waals surface area (Å²) in [4.78, 5) is 11.6. The van der Waals surface area contributed by atoms with Gasteiger partial charge in [0.1, 0.15) is 5.03 Å². The number of nitrogens with one attached hydrogen (secondary N) is 1. The quantitative estimate of drug-likeness (QED) is 0.844. The number of hydrogen-bond acceptors (Lipinski definition) is 6. The molecule has 0 bridgehead atoms. The number of amides is 1. The maximum absolute atomic E-state index is 11.6. The predicted octanol–water partition coefficient (Wildman–Crippen LogP) is 1.94. The molecule has 0 aliphatic heterocycles. The minimum atomic E-state index is -0.383. The molecule has 0 fully saturated rings. The van der Waals surface area contributed by atoms with Gasteiger partial charge in [-0.2, -0.15) is 5.26 Å². The summed E-state index contributed by atoms with van der Waals surface area (Å²) in [7, 11) is 0. The standard InChI is InChI=1S/C11H8N4O2S/c12-5-7-18-10-4-3-9(14-15-10)13-11(16)8-2-1-6-17-8/h1-4,6H,7H2,(H,13,14,16). The van der Waals surface area contributed by atoms with Crippen molar-refractivity contribution in [3.05, 3.63) is 36.3 Å². The molecule has 2 aromatic heterocycles. The Kier molecular flexibility index (Phi) is 3.94. The fourth-order valence-electron chi connectivity index (χ4n) is 1.16. The first-order valence-corrected chi connectivity index (χ1v) is 5.96. The molecule has 2 heterocycles. The fourth-order valence-corrected chi connectivity index (χ4v) is 1.63. The van der Waals surface area contributed by atoms with Crippen LogP contribution in [-0.2, 0) is 0 Å². The zero-order valence-electron chi connectivity index (χ0n) is 9.16. The van der Waals surface area contributed by atoms with E-state index in [4.69, 9.17) is 9.68 Å². The summed E-state index contributed by atoms with van der Waals surface area (Å²) < 4.78 is 4.94. The molecule has 0 saturated carbocycles. The van der Waals surface area contributed by atoms with Crippen LogP contribution in [0.25, 0.3) is 0 Å². The van der Waals surface area contributed by atoms with Crippen LogP contribution in [0, 0.1) is 11.3 Å². The van der Waals surface area contributed by atoms with E-state index in [2.05, 4.69) is 15.5 Å². The van der Waals surface area contributed by atoms with Gasteiger partial charge in [-0.25, -0.2) is 0 Å². The van der Waals surface area contributed by atoms with E-state index >= 15 is 0 Å². The lowest BCUT2D eigenvalue weighted by atomic mass is 10.4. The van der Waals surface area contributed by atoms with Gasteiger partial charge < -0.3 is 9.73 Å². The van der Waals surface area contributed by atoms with Crippen LogP contribution in [0.3, 0.4) is 0 Å². The molecule has 1 N–H and O–H groups in total. The fraction of sp³-hybridized carbons (Fsp3) is 0.0909.